The maximum Gasteiger partial charge on any atom is 0.251 e. The van der Waals surface area contributed by atoms with Gasteiger partial charge in [0.15, 0.2) is 11.6 Å². The molecule has 0 radical (unpaired) electrons. The highest BCUT2D eigenvalue weighted by Crippen LogP contribution is 2.20. The van der Waals surface area contributed by atoms with Gasteiger partial charge in [-0.05, 0) is 36.4 Å². The molecule has 0 heterocycles. The predicted octanol–water partition coefficient (Wildman–Crippen LogP) is 3.06. The second-order valence-electron chi connectivity index (χ2n) is 4.57. The molecular weight excluding hydrogens is 322 g/mol. The van der Waals surface area contributed by atoms with E-state index in [9.17, 15) is 18.4 Å². The molecule has 2 amide bonds. The Balaban J connectivity index is 1.94. The molecule has 0 spiro atoms. The molecule has 0 aliphatic carbocycles. The molecule has 0 unspecified atom stereocenters. The summed E-state index contributed by atoms with van der Waals surface area (Å²) >= 11 is 1.09. The smallest absolute Gasteiger partial charge is 0.251 e. The normalized spacial score (nSPS) is 10.2. The quantitative estimate of drug-likeness (QED) is 0.825. The standard InChI is InChI=1S/C16H14F2N2O2S/c1-19-16(22)10-3-2-4-11(7-10)20-15(21)9-23-12-5-6-13(17)14(18)8-12/h2-8H,9H2,1H3,(H,19,22)(H,20,21). The SMILES string of the molecule is CNC(=O)c1cccc(NC(=O)CSc2ccc(F)c(F)c2)c1. The monoisotopic (exact) mass is 336 g/mol. The lowest BCUT2D eigenvalue weighted by atomic mass is 10.2. The average Bonchev–Trinajstić information content (AvgIpc) is 2.55. The molecule has 120 valence electrons. The zero-order chi connectivity index (χ0) is 16.8. The van der Waals surface area contributed by atoms with Crippen molar-refractivity contribution in [2.45, 2.75) is 4.90 Å². The predicted molar refractivity (Wildman–Crippen MR) is 85.5 cm³/mol. The van der Waals surface area contributed by atoms with E-state index in [2.05, 4.69) is 10.6 Å². The Morgan fingerprint density at radius 3 is 2.57 bits per heavy atom. The number of benzene rings is 2. The molecule has 0 saturated heterocycles. The van der Waals surface area contributed by atoms with Crippen LogP contribution in [0.3, 0.4) is 0 Å². The van der Waals surface area contributed by atoms with Gasteiger partial charge in [0.25, 0.3) is 5.91 Å². The molecule has 0 aliphatic rings. The summed E-state index contributed by atoms with van der Waals surface area (Å²) in [6.07, 6.45) is 0. The van der Waals surface area contributed by atoms with Crippen LogP contribution in [0.4, 0.5) is 14.5 Å². The third kappa shape index (κ3) is 4.79. The first-order chi connectivity index (χ1) is 11.0. The van der Waals surface area contributed by atoms with E-state index in [1.54, 1.807) is 24.3 Å². The van der Waals surface area contributed by atoms with Crippen molar-refractivity contribution in [2.24, 2.45) is 0 Å². The molecule has 0 atom stereocenters. The van der Waals surface area contributed by atoms with E-state index in [0.29, 0.717) is 16.1 Å². The van der Waals surface area contributed by atoms with E-state index >= 15 is 0 Å². The van der Waals surface area contributed by atoms with Crippen molar-refractivity contribution in [3.8, 4) is 0 Å². The lowest BCUT2D eigenvalue weighted by molar-refractivity contribution is -0.113. The highest BCUT2D eigenvalue weighted by Gasteiger charge is 2.08. The molecule has 0 fully saturated rings. The minimum Gasteiger partial charge on any atom is -0.355 e. The topological polar surface area (TPSA) is 58.2 Å². The van der Waals surface area contributed by atoms with Crippen LogP contribution in [0.2, 0.25) is 0 Å². The molecule has 2 rings (SSSR count). The molecule has 4 nitrogen and oxygen atoms in total. The van der Waals surface area contributed by atoms with Gasteiger partial charge in [-0.25, -0.2) is 8.78 Å². The number of halogens is 2. The van der Waals surface area contributed by atoms with Crippen molar-refractivity contribution < 1.29 is 18.4 Å². The molecular formula is C16H14F2N2O2S. The Morgan fingerprint density at radius 1 is 1.09 bits per heavy atom. The zero-order valence-corrected chi connectivity index (χ0v) is 13.0. The molecule has 23 heavy (non-hydrogen) atoms. The number of hydrogen-bond donors (Lipinski definition) is 2. The Morgan fingerprint density at radius 2 is 1.87 bits per heavy atom. The third-order valence-electron chi connectivity index (χ3n) is 2.90. The summed E-state index contributed by atoms with van der Waals surface area (Å²) in [5, 5.41) is 5.15. The zero-order valence-electron chi connectivity index (χ0n) is 12.2. The minimum absolute atomic E-state index is 0.0370. The molecule has 0 bridgehead atoms. The fraction of sp³-hybridized carbons (Fsp3) is 0.125. The first kappa shape index (κ1) is 17.0. The summed E-state index contributed by atoms with van der Waals surface area (Å²) in [5.74, 6) is -2.40. The summed E-state index contributed by atoms with van der Waals surface area (Å²) < 4.78 is 25.9. The number of anilines is 1. The largest absolute Gasteiger partial charge is 0.355 e. The van der Waals surface area contributed by atoms with Crippen LogP contribution in [0.15, 0.2) is 47.4 Å². The fourth-order valence-electron chi connectivity index (χ4n) is 1.80. The van der Waals surface area contributed by atoms with Gasteiger partial charge >= 0.3 is 0 Å². The van der Waals surface area contributed by atoms with E-state index in [0.717, 1.165) is 23.9 Å². The van der Waals surface area contributed by atoms with Crippen LogP contribution >= 0.6 is 11.8 Å². The van der Waals surface area contributed by atoms with Crippen LogP contribution in [0.25, 0.3) is 0 Å². The van der Waals surface area contributed by atoms with E-state index in [4.69, 9.17) is 0 Å². The van der Waals surface area contributed by atoms with Gasteiger partial charge in [-0.3, -0.25) is 9.59 Å². The van der Waals surface area contributed by atoms with Gasteiger partial charge < -0.3 is 10.6 Å². The van der Waals surface area contributed by atoms with Crippen LogP contribution in [0.5, 0.6) is 0 Å². The highest BCUT2D eigenvalue weighted by atomic mass is 32.2. The van der Waals surface area contributed by atoms with E-state index in [1.165, 1.54) is 13.1 Å². The first-order valence-corrected chi connectivity index (χ1v) is 7.68. The summed E-state index contributed by atoms with van der Waals surface area (Å²) in [6.45, 7) is 0. The van der Waals surface area contributed by atoms with Crippen LogP contribution < -0.4 is 10.6 Å². The van der Waals surface area contributed by atoms with Crippen LogP contribution in [-0.4, -0.2) is 24.6 Å². The Kier molecular flexibility index (Phi) is 5.70. The maximum atomic E-state index is 13.1. The van der Waals surface area contributed by atoms with Crippen molar-refractivity contribution in [2.75, 3.05) is 18.1 Å². The lowest BCUT2D eigenvalue weighted by Gasteiger charge is -2.07. The van der Waals surface area contributed by atoms with Crippen molar-refractivity contribution in [1.29, 1.82) is 0 Å². The van der Waals surface area contributed by atoms with Gasteiger partial charge in [0, 0.05) is 23.2 Å². The van der Waals surface area contributed by atoms with Gasteiger partial charge in [0.05, 0.1) is 5.75 Å². The van der Waals surface area contributed by atoms with Gasteiger partial charge in [-0.2, -0.15) is 0 Å². The number of carbonyl (C=O) groups excluding carboxylic acids is 2. The maximum absolute atomic E-state index is 13.1. The van der Waals surface area contributed by atoms with E-state index in [1.807, 2.05) is 0 Å². The first-order valence-electron chi connectivity index (χ1n) is 6.69. The number of nitrogens with one attached hydrogen (secondary N) is 2. The van der Waals surface area contributed by atoms with Crippen molar-refractivity contribution in [3.05, 3.63) is 59.7 Å². The van der Waals surface area contributed by atoms with E-state index < -0.39 is 11.6 Å². The number of amides is 2. The van der Waals surface area contributed by atoms with Crippen LogP contribution in [-0.2, 0) is 4.79 Å². The average molecular weight is 336 g/mol. The molecule has 2 N–H and O–H groups in total. The van der Waals surface area contributed by atoms with E-state index in [-0.39, 0.29) is 17.6 Å². The summed E-state index contributed by atoms with van der Waals surface area (Å²) in [4.78, 5) is 23.9. The molecule has 2 aromatic carbocycles. The van der Waals surface area contributed by atoms with Gasteiger partial charge in [0.2, 0.25) is 5.91 Å². The molecule has 7 heteroatoms. The Hall–Kier alpha value is -2.41. The highest BCUT2D eigenvalue weighted by molar-refractivity contribution is 8.00. The number of thioether (sulfide) groups is 1. The molecule has 0 saturated carbocycles. The van der Waals surface area contributed by atoms with Crippen LogP contribution in [0, 0.1) is 11.6 Å². The Labute approximate surface area is 136 Å². The van der Waals surface area contributed by atoms with Gasteiger partial charge in [-0.1, -0.05) is 6.07 Å². The Bertz CT molecular complexity index is 738. The molecule has 0 aromatic heterocycles. The third-order valence-corrected chi connectivity index (χ3v) is 3.89. The second kappa shape index (κ2) is 7.73. The van der Waals surface area contributed by atoms with Crippen molar-refractivity contribution in [3.63, 3.8) is 0 Å². The van der Waals surface area contributed by atoms with Crippen molar-refractivity contribution >= 4 is 29.3 Å². The van der Waals surface area contributed by atoms with Crippen molar-refractivity contribution in [1.82, 2.24) is 5.32 Å². The van der Waals surface area contributed by atoms with Gasteiger partial charge in [0.1, 0.15) is 0 Å². The van der Waals surface area contributed by atoms with Crippen LogP contribution in [0.1, 0.15) is 10.4 Å². The summed E-state index contributed by atoms with van der Waals surface area (Å²) in [7, 11) is 1.52. The fourth-order valence-corrected chi connectivity index (χ4v) is 2.52. The summed E-state index contributed by atoms with van der Waals surface area (Å²) in [5.41, 5.74) is 0.917. The minimum atomic E-state index is -0.950. The lowest BCUT2D eigenvalue weighted by Crippen LogP contribution is -2.18. The molecule has 2 aromatic rings. The number of rotatable bonds is 5. The number of hydrogen-bond acceptors (Lipinski definition) is 3. The summed E-state index contributed by atoms with van der Waals surface area (Å²) in [6, 6.07) is 9.96. The second-order valence-corrected chi connectivity index (χ2v) is 5.62. The molecule has 0 aliphatic heterocycles. The number of carbonyl (C=O) groups is 2. The van der Waals surface area contributed by atoms with Gasteiger partial charge in [-0.15, -0.1) is 11.8 Å².